The molecule has 1 aromatic rings. The molecule has 0 aromatic heterocycles. The van der Waals surface area contributed by atoms with E-state index in [1.54, 1.807) is 29.2 Å². The van der Waals surface area contributed by atoms with Crippen molar-refractivity contribution in [3.05, 3.63) is 29.8 Å². The van der Waals surface area contributed by atoms with Crippen LogP contribution in [0.5, 0.6) is 5.75 Å². The van der Waals surface area contributed by atoms with E-state index in [1.165, 1.54) is 4.90 Å². The minimum absolute atomic E-state index is 0.00673. The number of piperazine rings is 1. The average molecular weight is 416 g/mol. The lowest BCUT2D eigenvalue weighted by molar-refractivity contribution is -0.159. The highest BCUT2D eigenvalue weighted by Gasteiger charge is 2.43. The normalized spacial score (nSPS) is 17.7. The van der Waals surface area contributed by atoms with Gasteiger partial charge in [-0.05, 0) is 55.9 Å². The summed E-state index contributed by atoms with van der Waals surface area (Å²) in [7, 11) is 0. The molecule has 1 saturated carbocycles. The van der Waals surface area contributed by atoms with Crippen molar-refractivity contribution in [2.45, 2.75) is 38.1 Å². The first kappa shape index (κ1) is 21.6. The molecule has 1 aliphatic carbocycles. The molecule has 0 spiro atoms. The summed E-state index contributed by atoms with van der Waals surface area (Å²) in [6, 6.07) is 6.59. The standard InChI is InChI=1S/C21H28N4O5/c22-19(23)15-5-7-16(8-6-15)30-12-2-1-9-24-10-11-25(21(29)20(24)28)17(13-18(26)27)14-3-4-14/h5-8,14,17H,1-4,9-13H2,(H3,22,23)(H,26,27). The number of hydrogen-bond donors (Lipinski definition) is 3. The second kappa shape index (κ2) is 9.60. The zero-order valence-electron chi connectivity index (χ0n) is 16.9. The van der Waals surface area contributed by atoms with Crippen LogP contribution in [0.25, 0.3) is 0 Å². The van der Waals surface area contributed by atoms with Gasteiger partial charge in [-0.2, -0.15) is 0 Å². The maximum absolute atomic E-state index is 12.5. The first-order valence-corrected chi connectivity index (χ1v) is 10.3. The fourth-order valence-corrected chi connectivity index (χ4v) is 3.74. The number of hydrogen-bond acceptors (Lipinski definition) is 5. The number of aliphatic carboxylic acids is 1. The molecule has 1 unspecified atom stereocenters. The van der Waals surface area contributed by atoms with Crippen LogP contribution >= 0.6 is 0 Å². The van der Waals surface area contributed by atoms with Gasteiger partial charge in [-0.1, -0.05) is 0 Å². The van der Waals surface area contributed by atoms with E-state index >= 15 is 0 Å². The number of nitrogens with two attached hydrogens (primary N) is 1. The van der Waals surface area contributed by atoms with Gasteiger partial charge in [0.15, 0.2) is 0 Å². The lowest BCUT2D eigenvalue weighted by atomic mass is 10.1. The summed E-state index contributed by atoms with van der Waals surface area (Å²) < 4.78 is 5.65. The Balaban J connectivity index is 1.40. The highest BCUT2D eigenvalue weighted by Crippen LogP contribution is 2.37. The predicted molar refractivity (Wildman–Crippen MR) is 109 cm³/mol. The number of nitrogens with zero attached hydrogens (tertiary/aromatic N) is 2. The Labute approximate surface area is 175 Å². The molecular weight excluding hydrogens is 388 g/mol. The van der Waals surface area contributed by atoms with E-state index in [0.29, 0.717) is 44.0 Å². The number of carboxylic acids is 1. The number of rotatable bonds is 11. The number of amides is 2. The number of nitrogen functional groups attached to an aromatic ring is 1. The number of unbranched alkanes of at least 4 members (excludes halogenated alkanes) is 1. The molecule has 162 valence electrons. The van der Waals surface area contributed by atoms with E-state index < -0.39 is 17.8 Å². The monoisotopic (exact) mass is 416 g/mol. The van der Waals surface area contributed by atoms with Gasteiger partial charge in [0.25, 0.3) is 0 Å². The summed E-state index contributed by atoms with van der Waals surface area (Å²) in [6.45, 7) is 1.76. The Bertz CT molecular complexity index is 806. The van der Waals surface area contributed by atoms with Crippen LogP contribution in [-0.2, 0) is 14.4 Å². The van der Waals surface area contributed by atoms with Crippen LogP contribution in [-0.4, -0.2) is 70.8 Å². The molecule has 1 aromatic carbocycles. The first-order chi connectivity index (χ1) is 14.4. The number of benzene rings is 1. The van der Waals surface area contributed by atoms with E-state index in [0.717, 1.165) is 19.3 Å². The Hall–Kier alpha value is -3.10. The van der Waals surface area contributed by atoms with Gasteiger partial charge in [-0.15, -0.1) is 0 Å². The molecule has 2 aliphatic rings. The summed E-state index contributed by atoms with van der Waals surface area (Å²) in [5, 5.41) is 16.5. The average Bonchev–Trinajstić information content (AvgIpc) is 3.55. The van der Waals surface area contributed by atoms with Gasteiger partial charge in [-0.25, -0.2) is 0 Å². The molecule has 3 rings (SSSR count). The van der Waals surface area contributed by atoms with Crippen molar-refractivity contribution in [3.63, 3.8) is 0 Å². The SMILES string of the molecule is N=C(N)c1ccc(OCCCCN2CCN(C(CC(=O)O)C3CC3)C(=O)C2=O)cc1. The van der Waals surface area contributed by atoms with Crippen LogP contribution < -0.4 is 10.5 Å². The van der Waals surface area contributed by atoms with E-state index in [1.807, 2.05) is 0 Å². The van der Waals surface area contributed by atoms with E-state index in [4.69, 9.17) is 21.0 Å². The molecule has 2 amide bonds. The van der Waals surface area contributed by atoms with Gasteiger partial charge < -0.3 is 25.4 Å². The third kappa shape index (κ3) is 5.49. The van der Waals surface area contributed by atoms with Crippen molar-refractivity contribution >= 4 is 23.6 Å². The largest absolute Gasteiger partial charge is 0.494 e. The number of ether oxygens (including phenoxy) is 1. The fraction of sp³-hybridized carbons (Fsp3) is 0.524. The molecular formula is C21H28N4O5. The van der Waals surface area contributed by atoms with Crippen LogP contribution in [0.15, 0.2) is 24.3 Å². The van der Waals surface area contributed by atoms with Gasteiger partial charge in [-0.3, -0.25) is 19.8 Å². The minimum Gasteiger partial charge on any atom is -0.494 e. The van der Waals surface area contributed by atoms with Crippen LogP contribution in [0.1, 0.15) is 37.7 Å². The van der Waals surface area contributed by atoms with Crippen LogP contribution in [0.3, 0.4) is 0 Å². The second-order valence-corrected chi connectivity index (χ2v) is 7.79. The van der Waals surface area contributed by atoms with Crippen molar-refractivity contribution in [1.82, 2.24) is 9.80 Å². The number of nitrogens with one attached hydrogen (secondary N) is 1. The first-order valence-electron chi connectivity index (χ1n) is 10.3. The zero-order chi connectivity index (χ0) is 21.7. The van der Waals surface area contributed by atoms with Gasteiger partial charge in [0.2, 0.25) is 0 Å². The third-order valence-corrected chi connectivity index (χ3v) is 5.55. The Morgan fingerprint density at radius 3 is 2.47 bits per heavy atom. The van der Waals surface area contributed by atoms with Crippen molar-refractivity contribution in [3.8, 4) is 5.75 Å². The molecule has 4 N–H and O–H groups in total. The summed E-state index contributed by atoms with van der Waals surface area (Å²) in [4.78, 5) is 39.1. The van der Waals surface area contributed by atoms with E-state index in [9.17, 15) is 14.4 Å². The second-order valence-electron chi connectivity index (χ2n) is 7.79. The lowest BCUT2D eigenvalue weighted by Crippen LogP contribution is -2.58. The van der Waals surface area contributed by atoms with Gasteiger partial charge in [0.05, 0.1) is 13.0 Å². The molecule has 1 heterocycles. The zero-order valence-corrected chi connectivity index (χ0v) is 16.9. The van der Waals surface area contributed by atoms with Crippen molar-refractivity contribution in [2.75, 3.05) is 26.2 Å². The van der Waals surface area contributed by atoms with Gasteiger partial charge >= 0.3 is 17.8 Å². The molecule has 1 aliphatic heterocycles. The van der Waals surface area contributed by atoms with Crippen molar-refractivity contribution in [1.29, 1.82) is 5.41 Å². The van der Waals surface area contributed by atoms with E-state index in [-0.39, 0.29) is 24.2 Å². The number of amidine groups is 1. The minimum atomic E-state index is -0.939. The lowest BCUT2D eigenvalue weighted by Gasteiger charge is -2.38. The maximum atomic E-state index is 12.5. The summed E-state index contributed by atoms with van der Waals surface area (Å²) in [5.41, 5.74) is 6.05. The highest BCUT2D eigenvalue weighted by molar-refractivity contribution is 6.35. The molecule has 9 heteroatoms. The van der Waals surface area contributed by atoms with Crippen LogP contribution in [0.4, 0.5) is 0 Å². The molecule has 30 heavy (non-hydrogen) atoms. The molecule has 2 fully saturated rings. The number of carbonyl (C=O) groups excluding carboxylic acids is 2. The molecule has 1 atom stereocenters. The number of carboxylic acid groups (broad SMARTS) is 1. The Kier molecular flexibility index (Phi) is 6.91. The van der Waals surface area contributed by atoms with Gasteiger partial charge in [0.1, 0.15) is 11.6 Å². The van der Waals surface area contributed by atoms with Crippen LogP contribution in [0, 0.1) is 11.3 Å². The molecule has 0 radical (unpaired) electrons. The van der Waals surface area contributed by atoms with E-state index in [2.05, 4.69) is 0 Å². The van der Waals surface area contributed by atoms with Crippen molar-refractivity contribution in [2.24, 2.45) is 11.7 Å². The highest BCUT2D eigenvalue weighted by atomic mass is 16.5. The summed E-state index contributed by atoms with van der Waals surface area (Å²) in [5.74, 6) is -1.17. The molecule has 9 nitrogen and oxygen atoms in total. The van der Waals surface area contributed by atoms with Gasteiger partial charge in [0, 0.05) is 31.2 Å². The Morgan fingerprint density at radius 2 is 1.87 bits per heavy atom. The van der Waals surface area contributed by atoms with Crippen LogP contribution in [0.2, 0.25) is 0 Å². The quantitative estimate of drug-likeness (QED) is 0.213. The third-order valence-electron chi connectivity index (χ3n) is 5.55. The molecule has 1 saturated heterocycles. The maximum Gasteiger partial charge on any atom is 0.312 e. The molecule has 0 bridgehead atoms. The smallest absolute Gasteiger partial charge is 0.312 e. The fourth-order valence-electron chi connectivity index (χ4n) is 3.74. The summed E-state index contributed by atoms with van der Waals surface area (Å²) >= 11 is 0. The summed E-state index contributed by atoms with van der Waals surface area (Å²) in [6.07, 6.45) is 3.15. The number of carbonyl (C=O) groups is 3. The predicted octanol–water partition coefficient (Wildman–Crippen LogP) is 1.05. The topological polar surface area (TPSA) is 137 Å². The Morgan fingerprint density at radius 1 is 1.17 bits per heavy atom. The van der Waals surface area contributed by atoms with Crippen molar-refractivity contribution < 1.29 is 24.2 Å².